The number of ether oxygens (including phenoxy) is 2. The van der Waals surface area contributed by atoms with Crippen LogP contribution in [0, 0.1) is 11.3 Å². The van der Waals surface area contributed by atoms with Gasteiger partial charge in [0.05, 0.1) is 13.2 Å². The van der Waals surface area contributed by atoms with Crippen molar-refractivity contribution >= 4 is 38.9 Å². The van der Waals surface area contributed by atoms with Crippen molar-refractivity contribution in [2.75, 3.05) is 13.7 Å². The van der Waals surface area contributed by atoms with Crippen LogP contribution in [0.3, 0.4) is 0 Å². The minimum absolute atomic E-state index is 0.0863. The summed E-state index contributed by atoms with van der Waals surface area (Å²) in [5, 5.41) is 2.40. The Kier molecular flexibility index (Phi) is 8.95. The predicted molar refractivity (Wildman–Crippen MR) is 163 cm³/mol. The molecule has 3 aliphatic rings. The van der Waals surface area contributed by atoms with E-state index >= 15 is 0 Å². The largest absolute Gasteiger partial charge is 0.468 e. The first kappa shape index (κ1) is 30.4. The molecule has 6 nitrogen and oxygen atoms in total. The fraction of sp³-hybridized carbons (Fsp3) is 0.500. The normalized spacial score (nSPS) is 24.6. The van der Waals surface area contributed by atoms with Crippen molar-refractivity contribution in [1.29, 1.82) is 0 Å². The van der Waals surface area contributed by atoms with Gasteiger partial charge in [-0.15, -0.1) is 0 Å². The summed E-state index contributed by atoms with van der Waals surface area (Å²) in [5.74, 6) is -1.32. The van der Waals surface area contributed by atoms with Gasteiger partial charge in [-0.05, 0) is 54.0 Å². The zero-order valence-corrected chi connectivity index (χ0v) is 26.9. The standard InChI is InChI=1S/C32H44O6Si2/c1-31(2,3)39(5,6)38-28-26(27-21-22-32(28,29(33)35-4)30(34)37-27)20-14-15-23-36-40(7,24-16-10-8-11-17-24)25-18-12-9-13-19-25/h8-13,16-19,21-22,26-28H,14-15,20,23H2,1-7H3/t26-,27+,28-,32-/m0/s1. The maximum Gasteiger partial charge on any atom is 0.330 e. The van der Waals surface area contributed by atoms with E-state index < -0.39 is 46.2 Å². The molecule has 216 valence electrons. The molecule has 40 heavy (non-hydrogen) atoms. The predicted octanol–water partition coefficient (Wildman–Crippen LogP) is 5.22. The number of carbonyl (C=O) groups excluding carboxylic acids is 2. The van der Waals surface area contributed by atoms with Gasteiger partial charge < -0.3 is 18.3 Å². The van der Waals surface area contributed by atoms with Crippen LogP contribution in [0.4, 0.5) is 0 Å². The van der Waals surface area contributed by atoms with Gasteiger partial charge in [-0.25, -0.2) is 0 Å². The highest BCUT2D eigenvalue weighted by molar-refractivity contribution is 6.96. The average Bonchev–Trinajstić information content (AvgIpc) is 2.93. The molecule has 0 aromatic heterocycles. The van der Waals surface area contributed by atoms with Crippen molar-refractivity contribution in [2.45, 2.75) is 76.9 Å². The molecule has 4 atom stereocenters. The molecular weight excluding hydrogens is 537 g/mol. The fourth-order valence-electron chi connectivity index (χ4n) is 5.56. The summed E-state index contributed by atoms with van der Waals surface area (Å²) < 4.78 is 24.5. The number of carbonyl (C=O) groups is 2. The van der Waals surface area contributed by atoms with Gasteiger partial charge in [0.15, 0.2) is 8.32 Å². The Hall–Kier alpha value is -2.53. The first-order valence-corrected chi connectivity index (χ1v) is 19.6. The zero-order chi connectivity index (χ0) is 29.2. The van der Waals surface area contributed by atoms with Crippen LogP contribution >= 0.6 is 0 Å². The highest BCUT2D eigenvalue weighted by Crippen LogP contribution is 2.50. The van der Waals surface area contributed by atoms with Crippen molar-refractivity contribution in [3.8, 4) is 0 Å². The summed E-state index contributed by atoms with van der Waals surface area (Å²) in [4.78, 5) is 26.3. The van der Waals surface area contributed by atoms with Gasteiger partial charge in [-0.1, -0.05) is 93.9 Å². The summed E-state index contributed by atoms with van der Waals surface area (Å²) in [5.41, 5.74) is -1.56. The van der Waals surface area contributed by atoms with Crippen LogP contribution in [0.25, 0.3) is 0 Å². The second kappa shape index (κ2) is 11.8. The molecule has 2 aromatic rings. The lowest BCUT2D eigenvalue weighted by molar-refractivity contribution is -0.198. The Morgan fingerprint density at radius 3 is 2.02 bits per heavy atom. The van der Waals surface area contributed by atoms with Gasteiger partial charge in [0.1, 0.15) is 6.10 Å². The number of rotatable bonds is 11. The molecule has 0 N–H and O–H groups in total. The fourth-order valence-corrected chi connectivity index (χ4v) is 9.78. The van der Waals surface area contributed by atoms with E-state index in [4.69, 9.17) is 18.3 Å². The van der Waals surface area contributed by atoms with E-state index in [2.05, 4.69) is 88.9 Å². The molecule has 0 radical (unpaired) electrons. The van der Waals surface area contributed by atoms with E-state index in [1.807, 2.05) is 18.2 Å². The van der Waals surface area contributed by atoms with Gasteiger partial charge in [0.25, 0.3) is 8.32 Å². The maximum absolute atomic E-state index is 13.2. The summed E-state index contributed by atoms with van der Waals surface area (Å²) in [6.45, 7) is 13.7. The molecule has 2 aliphatic heterocycles. The molecule has 0 saturated carbocycles. The van der Waals surface area contributed by atoms with Gasteiger partial charge in [0.2, 0.25) is 5.41 Å². The smallest absolute Gasteiger partial charge is 0.330 e. The Labute approximate surface area is 241 Å². The lowest BCUT2D eigenvalue weighted by atomic mass is 9.66. The quantitative estimate of drug-likeness (QED) is 0.119. The third kappa shape index (κ3) is 5.64. The lowest BCUT2D eigenvalue weighted by Crippen LogP contribution is -2.65. The highest BCUT2D eigenvalue weighted by Gasteiger charge is 2.65. The molecule has 8 heteroatoms. The summed E-state index contributed by atoms with van der Waals surface area (Å²) >= 11 is 0. The zero-order valence-electron chi connectivity index (χ0n) is 24.9. The highest BCUT2D eigenvalue weighted by atomic mass is 28.4. The number of esters is 2. The molecular formula is C32H44O6Si2. The van der Waals surface area contributed by atoms with Crippen molar-refractivity contribution < 1.29 is 27.9 Å². The van der Waals surface area contributed by atoms with E-state index in [1.165, 1.54) is 17.5 Å². The first-order valence-electron chi connectivity index (χ1n) is 14.3. The number of fused-ring (bicyclic) bond motifs is 2. The number of benzene rings is 2. The monoisotopic (exact) mass is 580 g/mol. The third-order valence-electron chi connectivity index (χ3n) is 9.11. The van der Waals surface area contributed by atoms with Crippen molar-refractivity contribution in [2.24, 2.45) is 11.3 Å². The SMILES string of the molecule is COC(=O)[C@@]12C=C[C@@H](OC1=O)[C@H](CCCCO[Si](C)(c1ccccc1)c1ccccc1)[C@@H]2O[Si](C)(C)C(C)(C)C. The molecule has 2 aromatic carbocycles. The van der Waals surface area contributed by atoms with Gasteiger partial charge >= 0.3 is 11.9 Å². The van der Waals surface area contributed by atoms with E-state index in [1.54, 1.807) is 6.08 Å². The molecule has 5 rings (SSSR count). The molecule has 0 spiro atoms. The molecule has 2 heterocycles. The minimum atomic E-state index is -2.37. The van der Waals surface area contributed by atoms with E-state index in [0.717, 1.165) is 19.3 Å². The van der Waals surface area contributed by atoms with E-state index in [-0.39, 0.29) is 11.0 Å². The summed E-state index contributed by atoms with van der Waals surface area (Å²) in [7, 11) is -3.39. The van der Waals surface area contributed by atoms with Crippen LogP contribution in [-0.2, 0) is 27.9 Å². The van der Waals surface area contributed by atoms with Crippen LogP contribution in [0.2, 0.25) is 24.7 Å². The molecule has 0 unspecified atom stereocenters. The van der Waals surface area contributed by atoms with Crippen LogP contribution < -0.4 is 10.4 Å². The number of hydrogen-bond acceptors (Lipinski definition) is 6. The Bertz CT molecular complexity index is 1170. The minimum Gasteiger partial charge on any atom is -0.468 e. The second-order valence-corrected chi connectivity index (χ2v) is 20.9. The topological polar surface area (TPSA) is 71.1 Å². The van der Waals surface area contributed by atoms with Gasteiger partial charge in [-0.3, -0.25) is 9.59 Å². The molecule has 1 fully saturated rings. The van der Waals surface area contributed by atoms with Gasteiger partial charge in [0, 0.05) is 12.5 Å². The molecule has 0 amide bonds. The Morgan fingerprint density at radius 1 is 0.950 bits per heavy atom. The van der Waals surface area contributed by atoms with Crippen LogP contribution in [-0.4, -0.2) is 54.5 Å². The van der Waals surface area contributed by atoms with Crippen LogP contribution in [0.1, 0.15) is 40.0 Å². The van der Waals surface area contributed by atoms with Crippen molar-refractivity contribution in [3.05, 3.63) is 72.8 Å². The Balaban J connectivity index is 1.50. The number of unbranched alkanes of at least 4 members (excludes halogenated alkanes) is 1. The Morgan fingerprint density at radius 2 is 1.52 bits per heavy atom. The van der Waals surface area contributed by atoms with Crippen molar-refractivity contribution in [3.63, 3.8) is 0 Å². The summed E-state index contributed by atoms with van der Waals surface area (Å²) in [6.07, 6.45) is 4.94. The second-order valence-electron chi connectivity index (χ2n) is 12.7. The van der Waals surface area contributed by atoms with Crippen LogP contribution in [0.5, 0.6) is 0 Å². The molecule has 2 bridgehead atoms. The molecule has 1 aliphatic carbocycles. The van der Waals surface area contributed by atoms with E-state index in [0.29, 0.717) is 6.61 Å². The number of hydrogen-bond donors (Lipinski definition) is 0. The first-order chi connectivity index (χ1) is 18.9. The average molecular weight is 581 g/mol. The summed E-state index contributed by atoms with van der Waals surface area (Å²) in [6, 6.07) is 21.0. The van der Waals surface area contributed by atoms with E-state index in [9.17, 15) is 9.59 Å². The maximum atomic E-state index is 13.2. The molecule has 1 saturated heterocycles. The van der Waals surface area contributed by atoms with Gasteiger partial charge in [-0.2, -0.15) is 0 Å². The van der Waals surface area contributed by atoms with Crippen LogP contribution in [0.15, 0.2) is 72.8 Å². The third-order valence-corrected chi connectivity index (χ3v) is 17.2. The lowest BCUT2D eigenvalue weighted by Gasteiger charge is -2.52. The number of methoxy groups -OCH3 is 1. The van der Waals surface area contributed by atoms with Crippen molar-refractivity contribution in [1.82, 2.24) is 0 Å².